The molecule has 2 aromatic rings. The van der Waals surface area contributed by atoms with Crippen LogP contribution in [0.1, 0.15) is 31.6 Å². The topological polar surface area (TPSA) is 114 Å². The van der Waals surface area contributed by atoms with Crippen molar-refractivity contribution in [2.45, 2.75) is 38.1 Å². The summed E-state index contributed by atoms with van der Waals surface area (Å²) in [5, 5.41) is 28.3. The fourth-order valence-corrected chi connectivity index (χ4v) is 2.57. The van der Waals surface area contributed by atoms with Crippen LogP contribution in [0.5, 0.6) is 5.75 Å². The van der Waals surface area contributed by atoms with E-state index < -0.39 is 30.4 Å². The number of amides is 1. The van der Waals surface area contributed by atoms with E-state index in [4.69, 9.17) is 9.84 Å². The van der Waals surface area contributed by atoms with Crippen molar-refractivity contribution in [1.29, 1.82) is 0 Å². The molecule has 1 aromatic heterocycles. The van der Waals surface area contributed by atoms with Gasteiger partial charge in [0.05, 0.1) is 37.4 Å². The summed E-state index contributed by atoms with van der Waals surface area (Å²) in [5.74, 6) is -2.13. The van der Waals surface area contributed by atoms with Crippen LogP contribution in [0.2, 0.25) is 0 Å². The molecule has 0 aliphatic carbocycles. The average molecular weight is 411 g/mol. The summed E-state index contributed by atoms with van der Waals surface area (Å²) >= 11 is 0. The highest BCUT2D eigenvalue weighted by atomic mass is 19.2. The van der Waals surface area contributed by atoms with E-state index in [1.54, 1.807) is 0 Å². The van der Waals surface area contributed by atoms with Crippen molar-refractivity contribution < 1.29 is 33.3 Å². The number of nitrogens with zero attached hydrogens (tertiary/aromatic N) is 2. The highest BCUT2D eigenvalue weighted by Gasteiger charge is 2.28. The van der Waals surface area contributed by atoms with Gasteiger partial charge in [0.15, 0.2) is 11.6 Å². The van der Waals surface area contributed by atoms with Gasteiger partial charge in [0, 0.05) is 0 Å². The molecule has 1 aliphatic rings. The van der Waals surface area contributed by atoms with Crippen LogP contribution in [-0.2, 0) is 9.53 Å². The summed E-state index contributed by atoms with van der Waals surface area (Å²) in [7, 11) is 1.29. The lowest BCUT2D eigenvalue weighted by Crippen LogP contribution is -2.27. The van der Waals surface area contributed by atoms with Crippen molar-refractivity contribution in [2.75, 3.05) is 19.0 Å². The summed E-state index contributed by atoms with van der Waals surface area (Å²) in [6, 6.07) is 5.26. The van der Waals surface area contributed by atoms with Gasteiger partial charge in [-0.25, -0.2) is 4.39 Å². The number of benzene rings is 1. The van der Waals surface area contributed by atoms with E-state index in [1.165, 1.54) is 31.5 Å². The molecule has 3 unspecified atom stereocenters. The third-order valence-electron chi connectivity index (χ3n) is 4.12. The molecule has 8 nitrogen and oxygen atoms in total. The van der Waals surface area contributed by atoms with Gasteiger partial charge in [-0.15, -0.1) is 0 Å². The first-order valence-electron chi connectivity index (χ1n) is 8.91. The van der Waals surface area contributed by atoms with Crippen molar-refractivity contribution in [1.82, 2.24) is 10.2 Å². The molecule has 3 rings (SSSR count). The molecule has 3 atom stereocenters. The van der Waals surface area contributed by atoms with Gasteiger partial charge in [-0.3, -0.25) is 4.79 Å². The highest BCUT2D eigenvalue weighted by molar-refractivity contribution is 5.94. The molecule has 158 valence electrons. The van der Waals surface area contributed by atoms with Crippen LogP contribution in [0, 0.1) is 11.6 Å². The largest absolute Gasteiger partial charge is 0.494 e. The lowest BCUT2D eigenvalue weighted by molar-refractivity contribution is -0.126. The Morgan fingerprint density at radius 1 is 1.41 bits per heavy atom. The minimum absolute atomic E-state index is 0.0694. The van der Waals surface area contributed by atoms with Crippen molar-refractivity contribution in [2.24, 2.45) is 0 Å². The van der Waals surface area contributed by atoms with Crippen LogP contribution in [0.15, 0.2) is 30.5 Å². The Hall–Kier alpha value is -2.69. The number of ether oxygens (including phenoxy) is 2. The standard InChI is InChI=1S/C12H17N3O4.C7H6F2O/c1-7-2-3-11(19-7)12(18)14-8-4-9(10(17)6-16)15-13-5-8;1-10-6-4-2-3-5(8)7(6)9/h4-5,7,10-11,16-17H,2-3,6H2,1H3,(H,14,15,18);2-4H,1H3. The quantitative estimate of drug-likeness (QED) is 0.689. The van der Waals surface area contributed by atoms with Crippen LogP contribution in [0.3, 0.4) is 0 Å². The first-order valence-corrected chi connectivity index (χ1v) is 8.91. The van der Waals surface area contributed by atoms with E-state index in [0.717, 1.165) is 12.5 Å². The number of carbonyl (C=O) groups is 1. The minimum Gasteiger partial charge on any atom is -0.494 e. The van der Waals surface area contributed by atoms with Gasteiger partial charge in [-0.05, 0) is 38.0 Å². The number of hydrogen-bond acceptors (Lipinski definition) is 7. The Morgan fingerprint density at radius 3 is 2.76 bits per heavy atom. The van der Waals surface area contributed by atoms with Gasteiger partial charge < -0.3 is 25.0 Å². The van der Waals surface area contributed by atoms with Crippen molar-refractivity contribution in [3.05, 3.63) is 47.8 Å². The number of nitrogens with one attached hydrogen (secondary N) is 1. The maximum Gasteiger partial charge on any atom is 0.253 e. The molecule has 1 fully saturated rings. The first-order chi connectivity index (χ1) is 13.8. The molecule has 0 saturated carbocycles. The van der Waals surface area contributed by atoms with Crippen molar-refractivity contribution in [3.63, 3.8) is 0 Å². The summed E-state index contributed by atoms with van der Waals surface area (Å²) in [6.07, 6.45) is 1.47. The van der Waals surface area contributed by atoms with Crippen LogP contribution >= 0.6 is 0 Å². The maximum absolute atomic E-state index is 12.5. The zero-order chi connectivity index (χ0) is 21.4. The zero-order valence-electron chi connectivity index (χ0n) is 16.0. The van der Waals surface area contributed by atoms with E-state index >= 15 is 0 Å². The molecule has 0 bridgehead atoms. The average Bonchev–Trinajstić information content (AvgIpc) is 3.16. The molecule has 2 heterocycles. The van der Waals surface area contributed by atoms with E-state index in [0.29, 0.717) is 12.1 Å². The van der Waals surface area contributed by atoms with E-state index in [2.05, 4.69) is 20.3 Å². The molecule has 3 N–H and O–H groups in total. The van der Waals surface area contributed by atoms with E-state index in [-0.39, 0.29) is 23.5 Å². The maximum atomic E-state index is 12.5. The number of aliphatic hydroxyl groups excluding tert-OH is 2. The summed E-state index contributed by atoms with van der Waals surface area (Å²) < 4.78 is 34.8. The predicted octanol–water partition coefficient (Wildman–Crippen LogP) is 1.98. The van der Waals surface area contributed by atoms with E-state index in [9.17, 15) is 18.7 Å². The fraction of sp³-hybridized carbons (Fsp3) is 0.421. The molecule has 1 aliphatic heterocycles. The molecule has 1 aromatic carbocycles. The molecular weight excluding hydrogens is 388 g/mol. The molecule has 10 heteroatoms. The van der Waals surface area contributed by atoms with Gasteiger partial charge in [0.2, 0.25) is 5.82 Å². The van der Waals surface area contributed by atoms with Gasteiger partial charge in [0.1, 0.15) is 12.2 Å². The van der Waals surface area contributed by atoms with E-state index in [1.807, 2.05) is 6.92 Å². The smallest absolute Gasteiger partial charge is 0.253 e. The van der Waals surface area contributed by atoms with Crippen LogP contribution in [0.25, 0.3) is 0 Å². The monoisotopic (exact) mass is 411 g/mol. The van der Waals surface area contributed by atoms with Gasteiger partial charge in [-0.1, -0.05) is 6.07 Å². The number of hydrogen-bond donors (Lipinski definition) is 3. The molecule has 1 saturated heterocycles. The Bertz CT molecular complexity index is 824. The van der Waals surface area contributed by atoms with Gasteiger partial charge in [0.25, 0.3) is 5.91 Å². The number of aliphatic hydroxyl groups is 2. The zero-order valence-corrected chi connectivity index (χ0v) is 16.0. The Labute approximate surface area is 166 Å². The molecule has 0 radical (unpaired) electrons. The predicted molar refractivity (Wildman–Crippen MR) is 99.2 cm³/mol. The SMILES string of the molecule is CC1CCC(C(=O)Nc2cnnc(C(O)CO)c2)O1.COc1cccc(F)c1F. The number of aromatic nitrogens is 2. The lowest BCUT2D eigenvalue weighted by atomic mass is 10.2. The number of rotatable bonds is 5. The highest BCUT2D eigenvalue weighted by Crippen LogP contribution is 2.21. The first kappa shape index (κ1) is 22.6. The fourth-order valence-electron chi connectivity index (χ4n) is 2.57. The van der Waals surface area contributed by atoms with Crippen LogP contribution in [-0.4, -0.2) is 52.2 Å². The number of methoxy groups -OCH3 is 1. The summed E-state index contributed by atoms with van der Waals surface area (Å²) in [6.45, 7) is 1.48. The third-order valence-corrected chi connectivity index (χ3v) is 4.12. The Kier molecular flexibility index (Phi) is 8.37. The lowest BCUT2D eigenvalue weighted by Gasteiger charge is -2.12. The van der Waals surface area contributed by atoms with Crippen LogP contribution in [0.4, 0.5) is 14.5 Å². The third kappa shape index (κ3) is 6.41. The second kappa shape index (κ2) is 10.7. The normalized spacial score (nSPS) is 19.1. The summed E-state index contributed by atoms with van der Waals surface area (Å²) in [5.41, 5.74) is 0.631. The minimum atomic E-state index is -1.10. The van der Waals surface area contributed by atoms with Gasteiger partial charge >= 0.3 is 0 Å². The Balaban J connectivity index is 0.000000253. The second-order valence-electron chi connectivity index (χ2n) is 6.33. The van der Waals surface area contributed by atoms with Gasteiger partial charge in [-0.2, -0.15) is 14.6 Å². The Morgan fingerprint density at radius 2 is 2.17 bits per heavy atom. The number of anilines is 1. The molecular formula is C19H23F2N3O5. The number of halogens is 2. The number of carbonyl (C=O) groups excluding carboxylic acids is 1. The van der Waals surface area contributed by atoms with Crippen molar-refractivity contribution in [3.8, 4) is 5.75 Å². The molecule has 0 spiro atoms. The van der Waals surface area contributed by atoms with Crippen molar-refractivity contribution >= 4 is 11.6 Å². The summed E-state index contributed by atoms with van der Waals surface area (Å²) in [4.78, 5) is 11.9. The van der Waals surface area contributed by atoms with Crippen LogP contribution < -0.4 is 10.1 Å². The molecule has 29 heavy (non-hydrogen) atoms. The molecule has 1 amide bonds. The second-order valence-corrected chi connectivity index (χ2v) is 6.33.